The summed E-state index contributed by atoms with van der Waals surface area (Å²) in [6.45, 7) is 11.3. The molecule has 0 saturated carbocycles. The first kappa shape index (κ1) is 25.3. The Bertz CT molecular complexity index is 1030. The van der Waals surface area contributed by atoms with Crippen molar-refractivity contribution in [3.8, 4) is 11.3 Å². The van der Waals surface area contributed by atoms with Crippen LogP contribution in [0.4, 0.5) is 11.6 Å². The SMILES string of the molecule is [CH2-]CCCCC1NCCc2cc(Nc3ncc(C)c(-c4cnn(C(C)C)c4)n3)ccc21.[Ce]. The molecule has 0 amide bonds. The number of anilines is 2. The van der Waals surface area contributed by atoms with Crippen LogP contribution in [0.1, 0.15) is 68.3 Å². The Morgan fingerprint density at radius 1 is 1.25 bits per heavy atom. The maximum Gasteiger partial charge on any atom is 0.227 e. The summed E-state index contributed by atoms with van der Waals surface area (Å²) in [5, 5.41) is 11.5. The van der Waals surface area contributed by atoms with Gasteiger partial charge in [-0.1, -0.05) is 18.9 Å². The Morgan fingerprint density at radius 3 is 2.84 bits per heavy atom. The molecule has 6 nitrogen and oxygen atoms in total. The van der Waals surface area contributed by atoms with Crippen LogP contribution in [0.25, 0.3) is 11.3 Å². The number of rotatable bonds is 8. The Balaban J connectivity index is 0.00000289. The second-order valence-corrected chi connectivity index (χ2v) is 8.67. The van der Waals surface area contributed by atoms with E-state index in [1.165, 1.54) is 30.4 Å². The minimum absolute atomic E-state index is 0. The molecule has 0 spiro atoms. The number of nitrogens with zero attached hydrogens (tertiary/aromatic N) is 4. The molecule has 1 atom stereocenters. The van der Waals surface area contributed by atoms with Gasteiger partial charge in [0.15, 0.2) is 0 Å². The Labute approximate surface area is 225 Å². The number of benzene rings is 1. The molecular formula is C25H33CeN6-. The third kappa shape index (κ3) is 5.95. The maximum absolute atomic E-state index is 4.79. The summed E-state index contributed by atoms with van der Waals surface area (Å²) >= 11 is 0. The molecule has 3 aromatic rings. The van der Waals surface area contributed by atoms with E-state index >= 15 is 0 Å². The second kappa shape index (κ2) is 11.7. The van der Waals surface area contributed by atoms with Crippen molar-refractivity contribution in [2.24, 2.45) is 0 Å². The number of nitrogens with one attached hydrogen (secondary N) is 2. The topological polar surface area (TPSA) is 67.7 Å². The average molecular weight is 558 g/mol. The van der Waals surface area contributed by atoms with E-state index in [1.54, 1.807) is 0 Å². The molecule has 0 fully saturated rings. The predicted octanol–water partition coefficient (Wildman–Crippen LogP) is 5.55. The van der Waals surface area contributed by atoms with Gasteiger partial charge in [-0.2, -0.15) is 11.5 Å². The van der Waals surface area contributed by atoms with Crippen molar-refractivity contribution in [1.82, 2.24) is 25.1 Å². The molecule has 0 aliphatic carbocycles. The van der Waals surface area contributed by atoms with E-state index in [2.05, 4.69) is 59.7 Å². The van der Waals surface area contributed by atoms with Gasteiger partial charge in [0, 0.05) is 77.5 Å². The molecule has 2 N–H and O–H groups in total. The number of fused-ring (bicyclic) bond motifs is 1. The van der Waals surface area contributed by atoms with Crippen molar-refractivity contribution < 1.29 is 41.7 Å². The van der Waals surface area contributed by atoms with Gasteiger partial charge in [-0.05, 0) is 69.0 Å². The van der Waals surface area contributed by atoms with Gasteiger partial charge in [0.2, 0.25) is 5.95 Å². The van der Waals surface area contributed by atoms with Crippen LogP contribution >= 0.6 is 0 Å². The van der Waals surface area contributed by atoms with E-state index in [0.717, 1.165) is 41.9 Å². The largest absolute Gasteiger partial charge is 0.343 e. The quantitative estimate of drug-likeness (QED) is 0.281. The number of hydrogen-bond acceptors (Lipinski definition) is 5. The Kier molecular flexibility index (Phi) is 9.22. The Morgan fingerprint density at radius 2 is 2.09 bits per heavy atom. The number of aryl methyl sites for hydroxylation is 1. The van der Waals surface area contributed by atoms with Crippen LogP contribution in [0, 0.1) is 55.6 Å². The smallest absolute Gasteiger partial charge is 0.227 e. The third-order valence-corrected chi connectivity index (χ3v) is 5.93. The van der Waals surface area contributed by atoms with Crippen molar-refractivity contribution in [1.29, 1.82) is 0 Å². The van der Waals surface area contributed by atoms with Crippen LogP contribution in [-0.2, 0) is 6.42 Å². The average Bonchev–Trinajstić information content (AvgIpc) is 3.26. The summed E-state index contributed by atoms with van der Waals surface area (Å²) in [7, 11) is 0. The number of unbranched alkanes of at least 4 members (excludes halogenated alkanes) is 2. The molecule has 0 radical (unpaired) electrons. The van der Waals surface area contributed by atoms with Crippen LogP contribution < -0.4 is 10.6 Å². The van der Waals surface area contributed by atoms with E-state index in [9.17, 15) is 0 Å². The zero-order valence-corrected chi connectivity index (χ0v) is 22.5. The zero-order valence-electron chi connectivity index (χ0n) is 19.4. The maximum atomic E-state index is 4.79. The predicted molar refractivity (Wildman–Crippen MR) is 126 cm³/mol. The molecule has 1 aliphatic heterocycles. The van der Waals surface area contributed by atoms with E-state index in [4.69, 9.17) is 4.98 Å². The fourth-order valence-corrected chi connectivity index (χ4v) is 4.18. The van der Waals surface area contributed by atoms with Crippen LogP contribution in [0.3, 0.4) is 0 Å². The van der Waals surface area contributed by atoms with Gasteiger partial charge in [-0.3, -0.25) is 4.68 Å². The van der Waals surface area contributed by atoms with Crippen LogP contribution in [0.5, 0.6) is 0 Å². The molecule has 1 aliphatic rings. The second-order valence-electron chi connectivity index (χ2n) is 8.67. The molecule has 4 rings (SSSR count). The molecule has 3 heterocycles. The summed E-state index contributed by atoms with van der Waals surface area (Å²) in [5.74, 6) is 0.610. The molecule has 1 aromatic carbocycles. The van der Waals surface area contributed by atoms with Crippen LogP contribution in [0.2, 0.25) is 0 Å². The molecule has 168 valence electrons. The van der Waals surface area contributed by atoms with Gasteiger partial charge in [-0.15, -0.1) is 0 Å². The van der Waals surface area contributed by atoms with Gasteiger partial charge in [-0.25, -0.2) is 9.97 Å². The van der Waals surface area contributed by atoms with Gasteiger partial charge in [0.1, 0.15) is 0 Å². The van der Waals surface area contributed by atoms with Crippen molar-refractivity contribution in [2.75, 3.05) is 11.9 Å². The number of hydrogen-bond donors (Lipinski definition) is 2. The molecule has 0 bridgehead atoms. The van der Waals surface area contributed by atoms with E-state index in [-0.39, 0.29) is 41.7 Å². The van der Waals surface area contributed by atoms with Crippen molar-refractivity contribution >= 4 is 11.6 Å². The summed E-state index contributed by atoms with van der Waals surface area (Å²) < 4.78 is 1.95. The summed E-state index contributed by atoms with van der Waals surface area (Å²) in [6, 6.07) is 7.41. The molecule has 1 unspecified atom stereocenters. The minimum Gasteiger partial charge on any atom is -0.343 e. The molecule has 2 aromatic heterocycles. The van der Waals surface area contributed by atoms with Gasteiger partial charge in [0.25, 0.3) is 0 Å². The van der Waals surface area contributed by atoms with Gasteiger partial charge in [0.05, 0.1) is 11.9 Å². The summed E-state index contributed by atoms with van der Waals surface area (Å²) in [6.07, 6.45) is 11.4. The van der Waals surface area contributed by atoms with E-state index in [0.29, 0.717) is 18.0 Å². The Hall–Kier alpha value is -1.35. The standard InChI is InChI=1S/C25H33N6.Ce/c1-5-6-7-8-23-22-10-9-21(13-19(22)11-12-26-23)29-25-27-14-18(4)24(30-25)20-15-28-31(16-20)17(2)3;/h9-10,13-17,23,26H,1,5-8,11-12H2,2-4H3,(H,27,29,30);/q-1;. The molecular weight excluding hydrogens is 524 g/mol. The van der Waals surface area contributed by atoms with Crippen molar-refractivity contribution in [2.45, 2.75) is 65.0 Å². The van der Waals surface area contributed by atoms with Crippen molar-refractivity contribution in [3.63, 3.8) is 0 Å². The van der Waals surface area contributed by atoms with E-state index in [1.807, 2.05) is 30.2 Å². The van der Waals surface area contributed by atoms with Gasteiger partial charge < -0.3 is 17.6 Å². The first-order valence-electron chi connectivity index (χ1n) is 11.4. The summed E-state index contributed by atoms with van der Waals surface area (Å²) in [4.78, 5) is 9.30. The molecule has 32 heavy (non-hydrogen) atoms. The van der Waals surface area contributed by atoms with Gasteiger partial charge >= 0.3 is 0 Å². The first-order valence-corrected chi connectivity index (χ1v) is 11.4. The molecule has 7 heteroatoms. The normalized spacial score (nSPS) is 15.3. The zero-order chi connectivity index (χ0) is 21.8. The fourth-order valence-electron chi connectivity index (χ4n) is 4.18. The number of aromatic nitrogens is 4. The molecule has 0 saturated heterocycles. The first-order chi connectivity index (χ1) is 15.0. The van der Waals surface area contributed by atoms with Crippen LogP contribution in [0.15, 0.2) is 36.8 Å². The van der Waals surface area contributed by atoms with Crippen LogP contribution in [-0.4, -0.2) is 26.3 Å². The minimum atomic E-state index is 0. The summed E-state index contributed by atoms with van der Waals surface area (Å²) in [5.41, 5.74) is 6.83. The van der Waals surface area contributed by atoms with Crippen molar-refractivity contribution in [3.05, 3.63) is 60.4 Å². The third-order valence-electron chi connectivity index (χ3n) is 5.93. The monoisotopic (exact) mass is 557 g/mol. The van der Waals surface area contributed by atoms with E-state index < -0.39 is 0 Å². The fraction of sp³-hybridized carbons (Fsp3) is 0.440.